The third-order valence-electron chi connectivity index (χ3n) is 2.95. The number of nitrogen functional groups attached to an aromatic ring is 1. The van der Waals surface area contributed by atoms with Gasteiger partial charge in [-0.15, -0.1) is 11.3 Å². The van der Waals surface area contributed by atoms with Crippen molar-refractivity contribution in [2.45, 2.75) is 19.4 Å². The van der Waals surface area contributed by atoms with Gasteiger partial charge in [-0.3, -0.25) is 4.79 Å². The molecule has 106 valence electrons. The van der Waals surface area contributed by atoms with E-state index in [0.29, 0.717) is 11.3 Å². The van der Waals surface area contributed by atoms with Crippen LogP contribution in [0.25, 0.3) is 0 Å². The summed E-state index contributed by atoms with van der Waals surface area (Å²) in [6, 6.07) is 5.23. The predicted octanol–water partition coefficient (Wildman–Crippen LogP) is 2.43. The second-order valence-electron chi connectivity index (χ2n) is 4.97. The van der Waals surface area contributed by atoms with Crippen LogP contribution < -0.4 is 16.4 Å². The van der Waals surface area contributed by atoms with Crippen LogP contribution in [-0.2, 0) is 5.54 Å². The Bertz CT molecular complexity index is 608. The van der Waals surface area contributed by atoms with Crippen LogP contribution in [0, 0.1) is 0 Å². The van der Waals surface area contributed by atoms with E-state index in [1.54, 1.807) is 36.7 Å². The zero-order valence-corrected chi connectivity index (χ0v) is 12.5. The second-order valence-corrected chi connectivity index (χ2v) is 5.86. The number of amides is 1. The highest BCUT2D eigenvalue weighted by Gasteiger charge is 2.23. The average Bonchev–Trinajstić information content (AvgIpc) is 2.95. The van der Waals surface area contributed by atoms with E-state index in [2.05, 4.69) is 15.6 Å². The molecule has 2 rings (SSSR count). The Kier molecular flexibility index (Phi) is 3.94. The molecule has 0 unspecified atom stereocenters. The summed E-state index contributed by atoms with van der Waals surface area (Å²) in [6.45, 7) is 4.08. The first kappa shape index (κ1) is 14.3. The zero-order chi connectivity index (χ0) is 14.8. The Hall–Kier alpha value is -2.08. The fourth-order valence-electron chi connectivity index (χ4n) is 1.88. The number of benzene rings is 1. The number of carbonyl (C=O) groups excluding carboxylic acids is 1. The van der Waals surface area contributed by atoms with Crippen LogP contribution in [0.15, 0.2) is 29.8 Å². The van der Waals surface area contributed by atoms with Crippen molar-refractivity contribution in [1.82, 2.24) is 10.3 Å². The minimum Gasteiger partial charge on any atom is -0.397 e. The topological polar surface area (TPSA) is 80.0 Å². The van der Waals surface area contributed by atoms with Crippen molar-refractivity contribution < 1.29 is 4.79 Å². The van der Waals surface area contributed by atoms with E-state index in [1.807, 2.05) is 25.3 Å². The Labute approximate surface area is 122 Å². The van der Waals surface area contributed by atoms with Crippen LogP contribution in [0.3, 0.4) is 0 Å². The number of hydrogen-bond donors (Lipinski definition) is 3. The van der Waals surface area contributed by atoms with Gasteiger partial charge in [-0.2, -0.15) is 0 Å². The summed E-state index contributed by atoms with van der Waals surface area (Å²) in [5.74, 6) is -0.151. The van der Waals surface area contributed by atoms with Crippen LogP contribution in [-0.4, -0.2) is 17.9 Å². The lowest BCUT2D eigenvalue weighted by molar-refractivity contribution is 0.0963. The van der Waals surface area contributed by atoms with E-state index >= 15 is 0 Å². The Morgan fingerprint density at radius 2 is 2.15 bits per heavy atom. The fourth-order valence-corrected chi connectivity index (χ4v) is 2.60. The summed E-state index contributed by atoms with van der Waals surface area (Å²) in [6.07, 6.45) is 1.78. The molecular formula is C14H18N4OS. The van der Waals surface area contributed by atoms with Crippen LogP contribution in [0.2, 0.25) is 0 Å². The molecular weight excluding hydrogens is 272 g/mol. The first-order valence-corrected chi connectivity index (χ1v) is 7.12. The van der Waals surface area contributed by atoms with Crippen LogP contribution >= 0.6 is 11.3 Å². The third-order valence-corrected chi connectivity index (χ3v) is 4.05. The number of nitrogens with two attached hydrogens (primary N) is 1. The first-order chi connectivity index (χ1) is 9.44. The molecule has 1 aromatic heterocycles. The van der Waals surface area contributed by atoms with Crippen molar-refractivity contribution >= 4 is 28.6 Å². The molecule has 0 radical (unpaired) electrons. The van der Waals surface area contributed by atoms with E-state index < -0.39 is 0 Å². The summed E-state index contributed by atoms with van der Waals surface area (Å²) in [5, 5.41) is 8.86. The standard InChI is InChI=1S/C14H18N4OS/c1-14(2,13-17-6-7-20-13)18-11-5-4-9(8-10(11)15)12(19)16-3/h4-8,18H,15H2,1-3H3,(H,16,19). The average molecular weight is 290 g/mol. The highest BCUT2D eigenvalue weighted by molar-refractivity contribution is 7.09. The molecule has 1 aromatic carbocycles. The van der Waals surface area contributed by atoms with Gasteiger partial charge in [0.25, 0.3) is 5.91 Å². The van der Waals surface area contributed by atoms with Crippen LogP contribution in [0.4, 0.5) is 11.4 Å². The molecule has 0 bridgehead atoms. The van der Waals surface area contributed by atoms with E-state index in [1.165, 1.54) is 0 Å². The van der Waals surface area contributed by atoms with Gasteiger partial charge in [0.1, 0.15) is 5.01 Å². The van der Waals surface area contributed by atoms with Gasteiger partial charge in [0, 0.05) is 24.2 Å². The minimum atomic E-state index is -0.323. The van der Waals surface area contributed by atoms with Gasteiger partial charge in [-0.1, -0.05) is 0 Å². The number of nitrogens with one attached hydrogen (secondary N) is 2. The Morgan fingerprint density at radius 1 is 1.40 bits per heavy atom. The van der Waals surface area contributed by atoms with Gasteiger partial charge in [0.15, 0.2) is 0 Å². The molecule has 20 heavy (non-hydrogen) atoms. The van der Waals surface area contributed by atoms with Crippen molar-refractivity contribution in [2.75, 3.05) is 18.1 Å². The van der Waals surface area contributed by atoms with E-state index in [9.17, 15) is 4.79 Å². The van der Waals surface area contributed by atoms with Crippen molar-refractivity contribution in [3.05, 3.63) is 40.3 Å². The number of carbonyl (C=O) groups is 1. The lowest BCUT2D eigenvalue weighted by Gasteiger charge is -2.26. The molecule has 0 aliphatic carbocycles. The number of aromatic nitrogens is 1. The molecule has 0 spiro atoms. The highest BCUT2D eigenvalue weighted by atomic mass is 32.1. The molecule has 0 aliphatic heterocycles. The normalized spacial score (nSPS) is 11.2. The zero-order valence-electron chi connectivity index (χ0n) is 11.7. The summed E-state index contributed by atoms with van der Waals surface area (Å²) < 4.78 is 0. The van der Waals surface area contributed by atoms with E-state index in [-0.39, 0.29) is 11.4 Å². The first-order valence-electron chi connectivity index (χ1n) is 6.24. The molecule has 1 amide bonds. The lowest BCUT2D eigenvalue weighted by atomic mass is 10.0. The van der Waals surface area contributed by atoms with E-state index in [0.717, 1.165) is 10.7 Å². The number of thiazole rings is 1. The van der Waals surface area contributed by atoms with Crippen molar-refractivity contribution in [3.63, 3.8) is 0 Å². The van der Waals surface area contributed by atoms with Gasteiger partial charge < -0.3 is 16.4 Å². The molecule has 0 fully saturated rings. The summed E-state index contributed by atoms with van der Waals surface area (Å²) in [4.78, 5) is 15.9. The lowest BCUT2D eigenvalue weighted by Crippen LogP contribution is -2.28. The minimum absolute atomic E-state index is 0.151. The van der Waals surface area contributed by atoms with Crippen molar-refractivity contribution in [1.29, 1.82) is 0 Å². The number of hydrogen-bond acceptors (Lipinski definition) is 5. The van der Waals surface area contributed by atoms with Crippen LogP contribution in [0.1, 0.15) is 29.2 Å². The predicted molar refractivity (Wildman–Crippen MR) is 83.0 cm³/mol. The van der Waals surface area contributed by atoms with E-state index in [4.69, 9.17) is 5.73 Å². The molecule has 2 aromatic rings. The molecule has 0 saturated carbocycles. The van der Waals surface area contributed by atoms with Gasteiger partial charge >= 0.3 is 0 Å². The summed E-state index contributed by atoms with van der Waals surface area (Å²) in [7, 11) is 1.59. The van der Waals surface area contributed by atoms with Gasteiger partial charge in [-0.25, -0.2) is 4.98 Å². The molecule has 6 heteroatoms. The molecule has 0 saturated heterocycles. The maximum atomic E-state index is 11.6. The summed E-state index contributed by atoms with van der Waals surface area (Å²) in [5.41, 5.74) is 7.56. The van der Waals surface area contributed by atoms with Gasteiger partial charge in [0.2, 0.25) is 0 Å². The maximum absolute atomic E-state index is 11.6. The molecule has 1 heterocycles. The quantitative estimate of drug-likeness (QED) is 0.756. The monoisotopic (exact) mass is 290 g/mol. The van der Waals surface area contributed by atoms with Gasteiger partial charge in [0.05, 0.1) is 16.9 Å². The Balaban J connectivity index is 2.24. The number of nitrogens with zero attached hydrogens (tertiary/aromatic N) is 1. The number of anilines is 2. The molecule has 5 nitrogen and oxygen atoms in total. The fraction of sp³-hybridized carbons (Fsp3) is 0.286. The van der Waals surface area contributed by atoms with Crippen molar-refractivity contribution in [2.24, 2.45) is 0 Å². The van der Waals surface area contributed by atoms with Crippen LogP contribution in [0.5, 0.6) is 0 Å². The highest BCUT2D eigenvalue weighted by Crippen LogP contribution is 2.30. The smallest absolute Gasteiger partial charge is 0.251 e. The van der Waals surface area contributed by atoms with Crippen molar-refractivity contribution in [3.8, 4) is 0 Å². The third kappa shape index (κ3) is 2.91. The number of rotatable bonds is 4. The molecule has 0 aliphatic rings. The Morgan fingerprint density at radius 3 is 2.70 bits per heavy atom. The largest absolute Gasteiger partial charge is 0.397 e. The maximum Gasteiger partial charge on any atom is 0.251 e. The summed E-state index contributed by atoms with van der Waals surface area (Å²) >= 11 is 1.59. The SMILES string of the molecule is CNC(=O)c1ccc(NC(C)(C)c2nccs2)c(N)c1. The second kappa shape index (κ2) is 5.50. The van der Waals surface area contributed by atoms with Gasteiger partial charge in [-0.05, 0) is 32.0 Å². The molecule has 4 N–H and O–H groups in total. The molecule has 0 atom stereocenters.